The summed E-state index contributed by atoms with van der Waals surface area (Å²) in [5.41, 5.74) is 0.499. The molecular formula is C23H32O6. The van der Waals surface area contributed by atoms with E-state index in [9.17, 15) is 14.7 Å². The van der Waals surface area contributed by atoms with Crippen molar-refractivity contribution >= 4 is 11.9 Å². The van der Waals surface area contributed by atoms with Crippen molar-refractivity contribution in [1.29, 1.82) is 0 Å². The topological polar surface area (TPSA) is 86.0 Å². The summed E-state index contributed by atoms with van der Waals surface area (Å²) in [6.45, 7) is 8.00. The molecule has 1 aromatic rings. The van der Waals surface area contributed by atoms with E-state index in [1.54, 1.807) is 6.26 Å². The Morgan fingerprint density at radius 2 is 1.97 bits per heavy atom. The van der Waals surface area contributed by atoms with Crippen LogP contribution >= 0.6 is 0 Å². The van der Waals surface area contributed by atoms with Crippen LogP contribution in [0.5, 0.6) is 0 Å². The summed E-state index contributed by atoms with van der Waals surface area (Å²) in [5.74, 6) is -0.957. The van der Waals surface area contributed by atoms with Crippen LogP contribution in [-0.4, -0.2) is 36.4 Å². The zero-order chi connectivity index (χ0) is 21.1. The minimum atomic E-state index is -0.832. The second-order valence-electron chi connectivity index (χ2n) is 10.1. The molecule has 0 aromatic carbocycles. The maximum Gasteiger partial charge on any atom is 0.313 e. The molecular weight excluding hydrogens is 372 g/mol. The molecule has 3 aliphatic rings. The fourth-order valence-electron chi connectivity index (χ4n) is 7.23. The maximum absolute atomic E-state index is 12.9. The molecule has 7 atom stereocenters. The maximum atomic E-state index is 12.9. The molecule has 0 saturated heterocycles. The molecule has 0 unspecified atom stereocenters. The molecule has 160 valence electrons. The van der Waals surface area contributed by atoms with Gasteiger partial charge in [0.15, 0.2) is 0 Å². The fourth-order valence-corrected chi connectivity index (χ4v) is 7.23. The molecule has 4 rings (SSSR count). The molecule has 0 spiro atoms. The molecule has 1 N–H and O–H groups in total. The monoisotopic (exact) mass is 404 g/mol. The van der Waals surface area contributed by atoms with E-state index in [1.807, 2.05) is 6.07 Å². The lowest BCUT2D eigenvalue weighted by atomic mass is 9.42. The Labute approximate surface area is 171 Å². The highest BCUT2D eigenvalue weighted by molar-refractivity contribution is 5.79. The average Bonchev–Trinajstić information content (AvgIpc) is 3.10. The number of methoxy groups -OCH3 is 1. The van der Waals surface area contributed by atoms with Crippen LogP contribution in [0.1, 0.15) is 64.2 Å². The van der Waals surface area contributed by atoms with Gasteiger partial charge < -0.3 is 19.0 Å². The summed E-state index contributed by atoms with van der Waals surface area (Å²) in [4.78, 5) is 24.9. The van der Waals surface area contributed by atoms with Gasteiger partial charge in [-0.25, -0.2) is 0 Å². The van der Waals surface area contributed by atoms with Gasteiger partial charge in [0.1, 0.15) is 11.9 Å². The number of furan rings is 1. The van der Waals surface area contributed by atoms with Crippen molar-refractivity contribution in [1.82, 2.24) is 0 Å². The smallest absolute Gasteiger partial charge is 0.313 e. The number of carbonyl (C=O) groups excluding carboxylic acids is 2. The number of fused-ring (bicyclic) bond motifs is 4. The normalized spacial score (nSPS) is 40.2. The van der Waals surface area contributed by atoms with Gasteiger partial charge in [-0.2, -0.15) is 0 Å². The first-order valence-corrected chi connectivity index (χ1v) is 10.6. The number of aliphatic hydroxyl groups is 1. The van der Waals surface area contributed by atoms with Crippen molar-refractivity contribution in [3.63, 3.8) is 0 Å². The predicted octanol–water partition coefficient (Wildman–Crippen LogP) is 3.46. The molecule has 0 amide bonds. The van der Waals surface area contributed by atoms with Gasteiger partial charge in [0.25, 0.3) is 0 Å². The Morgan fingerprint density at radius 3 is 2.62 bits per heavy atom. The minimum absolute atomic E-state index is 0.0378. The van der Waals surface area contributed by atoms with E-state index >= 15 is 0 Å². The lowest BCUT2D eigenvalue weighted by Gasteiger charge is -2.64. The highest BCUT2D eigenvalue weighted by Crippen LogP contribution is 2.65. The Hall–Kier alpha value is -1.82. The van der Waals surface area contributed by atoms with Crippen LogP contribution in [0.15, 0.2) is 16.7 Å². The quantitative estimate of drug-likeness (QED) is 0.760. The predicted molar refractivity (Wildman–Crippen MR) is 105 cm³/mol. The summed E-state index contributed by atoms with van der Waals surface area (Å²) >= 11 is 0. The van der Waals surface area contributed by atoms with Gasteiger partial charge in [0.2, 0.25) is 0 Å². The number of esters is 2. The number of carbonyl (C=O) groups is 2. The van der Waals surface area contributed by atoms with E-state index in [4.69, 9.17) is 13.9 Å². The minimum Gasteiger partial charge on any atom is -0.469 e. The van der Waals surface area contributed by atoms with E-state index in [2.05, 4.69) is 20.8 Å². The second-order valence-corrected chi connectivity index (χ2v) is 10.1. The number of hydrogen-bond donors (Lipinski definition) is 1. The zero-order valence-electron chi connectivity index (χ0n) is 17.9. The lowest BCUT2D eigenvalue weighted by Crippen LogP contribution is -2.66. The van der Waals surface area contributed by atoms with E-state index in [1.165, 1.54) is 14.0 Å². The van der Waals surface area contributed by atoms with Crippen LogP contribution in [-0.2, 0) is 25.5 Å². The molecule has 1 aromatic heterocycles. The summed E-state index contributed by atoms with van der Waals surface area (Å²) < 4.78 is 16.7. The second kappa shape index (κ2) is 6.86. The van der Waals surface area contributed by atoms with E-state index in [-0.39, 0.29) is 34.6 Å². The average molecular weight is 405 g/mol. The number of hydrogen-bond acceptors (Lipinski definition) is 6. The van der Waals surface area contributed by atoms with Crippen molar-refractivity contribution in [3.05, 3.63) is 23.7 Å². The molecule has 6 heteroatoms. The Morgan fingerprint density at radius 1 is 1.24 bits per heavy atom. The number of aliphatic hydroxyl groups excluding tert-OH is 1. The number of ether oxygens (including phenoxy) is 2. The van der Waals surface area contributed by atoms with Crippen LogP contribution in [0, 0.1) is 28.6 Å². The first-order valence-electron chi connectivity index (χ1n) is 10.6. The third-order valence-corrected chi connectivity index (χ3v) is 8.12. The molecule has 1 heterocycles. The highest BCUT2D eigenvalue weighted by atomic mass is 16.6. The Kier molecular flexibility index (Phi) is 4.84. The van der Waals surface area contributed by atoms with Crippen molar-refractivity contribution in [3.8, 4) is 0 Å². The van der Waals surface area contributed by atoms with E-state index in [0.717, 1.165) is 30.6 Å². The van der Waals surface area contributed by atoms with Gasteiger partial charge in [-0.15, -0.1) is 0 Å². The molecule has 3 aliphatic carbocycles. The van der Waals surface area contributed by atoms with Gasteiger partial charge in [-0.1, -0.05) is 27.2 Å². The first-order chi connectivity index (χ1) is 13.6. The molecule has 2 saturated carbocycles. The summed E-state index contributed by atoms with van der Waals surface area (Å²) in [5, 5.41) is 11.6. The van der Waals surface area contributed by atoms with Crippen molar-refractivity contribution in [2.24, 2.45) is 28.6 Å². The van der Waals surface area contributed by atoms with Crippen LogP contribution in [0.25, 0.3) is 0 Å². The van der Waals surface area contributed by atoms with Crippen LogP contribution < -0.4 is 0 Å². The zero-order valence-corrected chi connectivity index (χ0v) is 17.9. The van der Waals surface area contributed by atoms with Gasteiger partial charge in [-0.05, 0) is 41.6 Å². The molecule has 6 nitrogen and oxygen atoms in total. The molecule has 2 fully saturated rings. The fraction of sp³-hybridized carbons (Fsp3) is 0.739. The van der Waals surface area contributed by atoms with Gasteiger partial charge >= 0.3 is 11.9 Å². The van der Waals surface area contributed by atoms with Crippen molar-refractivity contribution in [2.75, 3.05) is 7.11 Å². The van der Waals surface area contributed by atoms with Crippen LogP contribution in [0.4, 0.5) is 0 Å². The number of rotatable bonds is 2. The largest absolute Gasteiger partial charge is 0.469 e. The summed E-state index contributed by atoms with van der Waals surface area (Å²) in [7, 11) is 1.38. The van der Waals surface area contributed by atoms with Gasteiger partial charge in [0, 0.05) is 24.8 Å². The SMILES string of the molecule is COC(=O)[C@@H]1c2ccoc2C[C@@H]2[C@@H]1[C@@H](OC(C)=O)[C@H](O)[C@H]1C(C)(C)CCC[C@@]21C. The third kappa shape index (κ3) is 2.94. The third-order valence-electron chi connectivity index (χ3n) is 8.12. The van der Waals surface area contributed by atoms with Crippen LogP contribution in [0.3, 0.4) is 0 Å². The molecule has 29 heavy (non-hydrogen) atoms. The molecule has 0 bridgehead atoms. The molecule has 0 radical (unpaired) electrons. The Bertz CT molecular complexity index is 810. The van der Waals surface area contributed by atoms with Gasteiger partial charge in [-0.3, -0.25) is 9.59 Å². The van der Waals surface area contributed by atoms with E-state index < -0.39 is 24.1 Å². The van der Waals surface area contributed by atoms with Crippen molar-refractivity contribution in [2.45, 2.75) is 71.5 Å². The highest BCUT2D eigenvalue weighted by Gasteiger charge is 2.66. The van der Waals surface area contributed by atoms with Crippen molar-refractivity contribution < 1.29 is 28.6 Å². The summed E-state index contributed by atoms with van der Waals surface area (Å²) in [6.07, 6.45) is 3.76. The van der Waals surface area contributed by atoms with Gasteiger partial charge in [0.05, 0.1) is 25.4 Å². The summed E-state index contributed by atoms with van der Waals surface area (Å²) in [6, 6.07) is 1.81. The molecule has 0 aliphatic heterocycles. The first kappa shape index (κ1) is 20.5. The van der Waals surface area contributed by atoms with E-state index in [0.29, 0.717) is 6.42 Å². The standard InChI is InChI=1S/C23H32O6/c1-12(24)29-19-17-14(11-15-13(7-10-28-15)16(17)21(26)27-5)23(4)9-6-8-22(2,3)20(23)18(19)25/h7,10,14,16-20,25H,6,8-9,11H2,1-5H3/t14-,16-,17+,18+,19-,20+,23+/m1/s1. The lowest BCUT2D eigenvalue weighted by molar-refractivity contribution is -0.229. The Balaban J connectivity index is 1.90. The van der Waals surface area contributed by atoms with Crippen LogP contribution in [0.2, 0.25) is 0 Å².